The Morgan fingerprint density at radius 2 is 1.64 bits per heavy atom. The van der Waals surface area contributed by atoms with Crippen LogP contribution in [0.25, 0.3) is 11.3 Å². The van der Waals surface area contributed by atoms with E-state index in [1.807, 2.05) is 24.3 Å². The molecule has 1 N–H and O–H groups in total. The third-order valence-corrected chi connectivity index (χ3v) is 4.21. The molecule has 0 unspecified atom stereocenters. The van der Waals surface area contributed by atoms with Crippen molar-refractivity contribution in [2.45, 2.75) is 25.6 Å². The van der Waals surface area contributed by atoms with Crippen LogP contribution < -0.4 is 5.32 Å². The Hall–Kier alpha value is -3.22. The Bertz CT molecular complexity index is 926. The molecule has 2 aromatic heterocycles. The maximum atomic E-state index is 12.6. The standard InChI is InChI=1S/C21H18F3N3O/c22-21(23,24)18-4-1-15(2-5-18)3-6-20(28)27-14-16-7-12-26-19(13-16)17-8-10-25-11-9-17/h1-2,4-5,7-13H,3,6,14H2,(H,27,28). The van der Waals surface area contributed by atoms with Crippen LogP contribution in [0.2, 0.25) is 0 Å². The Morgan fingerprint density at radius 3 is 2.32 bits per heavy atom. The highest BCUT2D eigenvalue weighted by Gasteiger charge is 2.29. The number of pyridine rings is 2. The molecule has 3 aromatic rings. The van der Waals surface area contributed by atoms with Crippen molar-refractivity contribution in [3.05, 3.63) is 83.8 Å². The molecular weight excluding hydrogens is 367 g/mol. The molecule has 0 atom stereocenters. The smallest absolute Gasteiger partial charge is 0.352 e. The SMILES string of the molecule is O=C(CCc1ccc(C(F)(F)F)cc1)NCc1ccnc(-c2ccncc2)c1. The molecule has 144 valence electrons. The summed E-state index contributed by atoms with van der Waals surface area (Å²) in [7, 11) is 0. The highest BCUT2D eigenvalue weighted by molar-refractivity contribution is 5.76. The number of hydrogen-bond acceptors (Lipinski definition) is 3. The van der Waals surface area contributed by atoms with Crippen molar-refractivity contribution >= 4 is 5.91 Å². The number of aryl methyl sites for hydroxylation is 1. The largest absolute Gasteiger partial charge is 0.416 e. The minimum atomic E-state index is -4.35. The quantitative estimate of drug-likeness (QED) is 0.684. The molecule has 7 heteroatoms. The van der Waals surface area contributed by atoms with Crippen LogP contribution in [-0.4, -0.2) is 15.9 Å². The highest BCUT2D eigenvalue weighted by Crippen LogP contribution is 2.29. The summed E-state index contributed by atoms with van der Waals surface area (Å²) < 4.78 is 37.7. The molecule has 1 amide bonds. The Morgan fingerprint density at radius 1 is 0.929 bits per heavy atom. The van der Waals surface area contributed by atoms with Crippen LogP contribution in [0.5, 0.6) is 0 Å². The number of alkyl halides is 3. The predicted octanol–water partition coefficient (Wildman–Crippen LogP) is 4.41. The summed E-state index contributed by atoms with van der Waals surface area (Å²) in [6.45, 7) is 0.354. The minimum Gasteiger partial charge on any atom is -0.352 e. The summed E-state index contributed by atoms with van der Waals surface area (Å²) in [5, 5.41) is 2.82. The number of benzene rings is 1. The van der Waals surface area contributed by atoms with Crippen LogP contribution in [0.4, 0.5) is 13.2 Å². The normalized spacial score (nSPS) is 11.2. The van der Waals surface area contributed by atoms with Gasteiger partial charge in [0, 0.05) is 37.1 Å². The molecule has 28 heavy (non-hydrogen) atoms. The van der Waals surface area contributed by atoms with Crippen LogP contribution in [0.3, 0.4) is 0 Å². The Kier molecular flexibility index (Phi) is 6.03. The Labute approximate surface area is 160 Å². The first-order chi connectivity index (χ1) is 13.4. The lowest BCUT2D eigenvalue weighted by atomic mass is 10.1. The van der Waals surface area contributed by atoms with E-state index in [1.165, 1.54) is 12.1 Å². The van der Waals surface area contributed by atoms with Gasteiger partial charge in [-0.15, -0.1) is 0 Å². The number of hydrogen-bond donors (Lipinski definition) is 1. The summed E-state index contributed by atoms with van der Waals surface area (Å²) in [4.78, 5) is 20.3. The van der Waals surface area contributed by atoms with Crippen LogP contribution in [0, 0.1) is 0 Å². The topological polar surface area (TPSA) is 54.9 Å². The van der Waals surface area contributed by atoms with Gasteiger partial charge >= 0.3 is 6.18 Å². The highest BCUT2D eigenvalue weighted by atomic mass is 19.4. The molecule has 3 rings (SSSR count). The zero-order valence-electron chi connectivity index (χ0n) is 14.9. The van der Waals surface area contributed by atoms with Gasteiger partial charge in [-0.05, 0) is 53.9 Å². The summed E-state index contributed by atoms with van der Waals surface area (Å²) in [5.74, 6) is -0.165. The van der Waals surface area contributed by atoms with Gasteiger partial charge in [-0.25, -0.2) is 0 Å². The van der Waals surface area contributed by atoms with Crippen molar-refractivity contribution in [3.63, 3.8) is 0 Å². The molecule has 0 saturated carbocycles. The van der Waals surface area contributed by atoms with Gasteiger partial charge in [0.2, 0.25) is 5.91 Å². The van der Waals surface area contributed by atoms with Gasteiger partial charge in [0.05, 0.1) is 11.3 Å². The van der Waals surface area contributed by atoms with Crippen LogP contribution >= 0.6 is 0 Å². The van der Waals surface area contributed by atoms with E-state index in [-0.39, 0.29) is 12.3 Å². The second-order valence-corrected chi connectivity index (χ2v) is 6.26. The van der Waals surface area contributed by atoms with Gasteiger partial charge in [0.1, 0.15) is 0 Å². The lowest BCUT2D eigenvalue weighted by Crippen LogP contribution is -2.23. The third-order valence-electron chi connectivity index (χ3n) is 4.21. The van der Waals surface area contributed by atoms with E-state index in [0.717, 1.165) is 29.0 Å². The third kappa shape index (κ3) is 5.39. The van der Waals surface area contributed by atoms with Gasteiger partial charge in [0.25, 0.3) is 0 Å². The van der Waals surface area contributed by atoms with Gasteiger partial charge < -0.3 is 5.32 Å². The van der Waals surface area contributed by atoms with Crippen molar-refractivity contribution in [3.8, 4) is 11.3 Å². The molecule has 0 radical (unpaired) electrons. The number of nitrogens with zero attached hydrogens (tertiary/aromatic N) is 2. The van der Waals surface area contributed by atoms with Gasteiger partial charge in [-0.3, -0.25) is 14.8 Å². The van der Waals surface area contributed by atoms with Crippen LogP contribution in [0.15, 0.2) is 67.1 Å². The lowest BCUT2D eigenvalue weighted by Gasteiger charge is -2.09. The molecule has 0 saturated heterocycles. The number of carbonyl (C=O) groups is 1. The predicted molar refractivity (Wildman–Crippen MR) is 99.1 cm³/mol. The van der Waals surface area contributed by atoms with Crippen molar-refractivity contribution in [1.29, 1.82) is 0 Å². The van der Waals surface area contributed by atoms with E-state index in [2.05, 4.69) is 15.3 Å². The number of halogens is 3. The molecule has 0 aliphatic heterocycles. The lowest BCUT2D eigenvalue weighted by molar-refractivity contribution is -0.137. The number of carbonyl (C=O) groups excluding carboxylic acids is 1. The summed E-state index contributed by atoms with van der Waals surface area (Å²) in [6.07, 6.45) is 1.28. The average Bonchev–Trinajstić information content (AvgIpc) is 2.71. The molecule has 4 nitrogen and oxygen atoms in total. The molecule has 2 heterocycles. The van der Waals surface area contributed by atoms with Crippen molar-refractivity contribution < 1.29 is 18.0 Å². The minimum absolute atomic E-state index is 0.165. The maximum Gasteiger partial charge on any atom is 0.416 e. The maximum absolute atomic E-state index is 12.6. The molecule has 1 aromatic carbocycles. The number of nitrogens with one attached hydrogen (secondary N) is 1. The van der Waals surface area contributed by atoms with Gasteiger partial charge in [-0.1, -0.05) is 12.1 Å². The van der Waals surface area contributed by atoms with Crippen molar-refractivity contribution in [1.82, 2.24) is 15.3 Å². The summed E-state index contributed by atoms with van der Waals surface area (Å²) in [5.41, 5.74) is 2.63. The second-order valence-electron chi connectivity index (χ2n) is 6.26. The van der Waals surface area contributed by atoms with E-state index in [0.29, 0.717) is 18.5 Å². The van der Waals surface area contributed by atoms with E-state index in [1.54, 1.807) is 18.6 Å². The van der Waals surface area contributed by atoms with E-state index >= 15 is 0 Å². The summed E-state index contributed by atoms with van der Waals surface area (Å²) in [6, 6.07) is 12.3. The first-order valence-corrected chi connectivity index (χ1v) is 8.70. The molecule has 0 bridgehead atoms. The average molecular weight is 385 g/mol. The van der Waals surface area contributed by atoms with Crippen molar-refractivity contribution in [2.75, 3.05) is 0 Å². The fourth-order valence-corrected chi connectivity index (χ4v) is 2.67. The molecular formula is C21H18F3N3O. The first kappa shape index (κ1) is 19.5. The van der Waals surface area contributed by atoms with E-state index < -0.39 is 11.7 Å². The number of aromatic nitrogens is 2. The second kappa shape index (κ2) is 8.65. The number of amides is 1. The van der Waals surface area contributed by atoms with Crippen LogP contribution in [-0.2, 0) is 23.9 Å². The van der Waals surface area contributed by atoms with Crippen molar-refractivity contribution in [2.24, 2.45) is 0 Å². The van der Waals surface area contributed by atoms with E-state index in [4.69, 9.17) is 0 Å². The zero-order chi connectivity index (χ0) is 20.0. The Balaban J connectivity index is 1.51. The fraction of sp³-hybridized carbons (Fsp3) is 0.190. The fourth-order valence-electron chi connectivity index (χ4n) is 2.67. The molecule has 0 aliphatic carbocycles. The number of rotatable bonds is 6. The molecule has 0 aliphatic rings. The van der Waals surface area contributed by atoms with Gasteiger partial charge in [-0.2, -0.15) is 13.2 Å². The van der Waals surface area contributed by atoms with Crippen LogP contribution in [0.1, 0.15) is 23.1 Å². The summed E-state index contributed by atoms with van der Waals surface area (Å²) >= 11 is 0. The monoisotopic (exact) mass is 385 g/mol. The first-order valence-electron chi connectivity index (χ1n) is 8.70. The molecule has 0 spiro atoms. The molecule has 0 fully saturated rings. The van der Waals surface area contributed by atoms with Gasteiger partial charge in [0.15, 0.2) is 0 Å². The zero-order valence-corrected chi connectivity index (χ0v) is 14.9. The van der Waals surface area contributed by atoms with E-state index in [9.17, 15) is 18.0 Å².